The second kappa shape index (κ2) is 17.9. The number of anilines is 4. The molecule has 5 aliphatic rings. The minimum Gasteiger partial charge on any atom is -0.374 e. The van der Waals surface area contributed by atoms with Crippen LogP contribution in [0.1, 0.15) is 57.8 Å². The van der Waals surface area contributed by atoms with E-state index in [-0.39, 0.29) is 67.0 Å². The lowest BCUT2D eigenvalue weighted by Gasteiger charge is -2.44. The molecule has 0 spiro atoms. The number of carbonyl (C=O) groups excluding carboxylic acids is 4. The number of nitrogens with one attached hydrogen (secondary N) is 4. The van der Waals surface area contributed by atoms with Crippen LogP contribution in [-0.2, 0) is 23.9 Å². The maximum atomic E-state index is 15.7. The second-order valence-corrected chi connectivity index (χ2v) is 16.2. The van der Waals surface area contributed by atoms with Crippen molar-refractivity contribution in [2.45, 2.75) is 88.1 Å². The van der Waals surface area contributed by atoms with Gasteiger partial charge in [0, 0.05) is 73.6 Å². The SMILES string of the molecule is O=C1CCC(Nc2ccc(N3CCC(N4CCC(NC(=O)C5CCC(Nc6ncc(F)c(-c7cccc(N8CCOCC8=O)c7)n6)CC5)CC4)C(F)C3)c(F)c2)C(=O)N1. The molecule has 4 aliphatic heterocycles. The van der Waals surface area contributed by atoms with E-state index in [1.807, 2.05) is 0 Å². The zero-order valence-corrected chi connectivity index (χ0v) is 32.8. The molecular formula is C42H50F3N9O5. The number of imide groups is 1. The number of piperidine rings is 3. The summed E-state index contributed by atoms with van der Waals surface area (Å²) in [4.78, 5) is 63.4. The molecule has 59 heavy (non-hydrogen) atoms. The first kappa shape index (κ1) is 40.5. The van der Waals surface area contributed by atoms with Crippen molar-refractivity contribution in [2.24, 2.45) is 5.92 Å². The standard InChI is InChI=1S/C42H50F3N9O5/c43-31-21-29(47-34-9-11-37(55)50-41(34)58)8-10-35(31)53-17-14-36(33(45)23-53)52-15-12-28(13-16-52)48-40(57)25-4-6-27(7-5-25)49-42-46-22-32(44)39(51-42)26-2-1-3-30(20-26)54-18-19-59-24-38(54)56/h1-3,8,10,20-22,25,27-28,33-34,36,47H,4-7,9,11-19,23-24H2,(H,48,57)(H,46,49,51)(H,50,55,58). The van der Waals surface area contributed by atoms with Gasteiger partial charge in [-0.15, -0.1) is 0 Å². The van der Waals surface area contributed by atoms with Crippen molar-refractivity contribution < 1.29 is 37.1 Å². The van der Waals surface area contributed by atoms with Crippen LogP contribution < -0.4 is 31.1 Å². The van der Waals surface area contributed by atoms with Gasteiger partial charge >= 0.3 is 0 Å². The van der Waals surface area contributed by atoms with Crippen molar-refractivity contribution in [3.05, 3.63) is 60.3 Å². The van der Waals surface area contributed by atoms with Crippen LogP contribution in [0, 0.1) is 17.6 Å². The topological polar surface area (TPSA) is 161 Å². The molecule has 3 unspecified atom stereocenters. The number of nitrogens with zero attached hydrogens (tertiary/aromatic N) is 5. The first-order chi connectivity index (χ1) is 28.6. The number of likely N-dealkylation sites (tertiary alicyclic amines) is 1. The summed E-state index contributed by atoms with van der Waals surface area (Å²) >= 11 is 0. The maximum absolute atomic E-state index is 15.7. The molecule has 314 valence electrons. The van der Waals surface area contributed by atoms with Gasteiger partial charge in [-0.2, -0.15) is 0 Å². The van der Waals surface area contributed by atoms with Gasteiger partial charge in [-0.05, 0) is 81.7 Å². The largest absolute Gasteiger partial charge is 0.374 e. The maximum Gasteiger partial charge on any atom is 0.253 e. The van der Waals surface area contributed by atoms with Crippen molar-refractivity contribution in [1.29, 1.82) is 0 Å². The van der Waals surface area contributed by atoms with Gasteiger partial charge in [0.05, 0.1) is 25.0 Å². The van der Waals surface area contributed by atoms with Crippen LogP contribution in [0.3, 0.4) is 0 Å². The highest BCUT2D eigenvalue weighted by Crippen LogP contribution is 2.32. The summed E-state index contributed by atoms with van der Waals surface area (Å²) in [5.74, 6) is -1.77. The first-order valence-electron chi connectivity index (χ1n) is 20.7. The van der Waals surface area contributed by atoms with E-state index in [1.54, 1.807) is 46.2 Å². The Hall–Kier alpha value is -5.29. The normalized spacial score (nSPS) is 26.0. The van der Waals surface area contributed by atoms with E-state index in [1.165, 1.54) is 6.07 Å². The molecule has 0 bridgehead atoms. The Balaban J connectivity index is 0.766. The van der Waals surface area contributed by atoms with Gasteiger partial charge in [0.25, 0.3) is 5.91 Å². The number of aromatic nitrogens is 2. The average molecular weight is 818 g/mol. The molecule has 5 heterocycles. The molecule has 17 heteroatoms. The van der Waals surface area contributed by atoms with Crippen LogP contribution in [0.15, 0.2) is 48.7 Å². The van der Waals surface area contributed by atoms with E-state index < -0.39 is 29.8 Å². The third-order valence-electron chi connectivity index (χ3n) is 12.3. The molecule has 1 saturated carbocycles. The van der Waals surface area contributed by atoms with Crippen LogP contribution in [0.4, 0.5) is 36.2 Å². The van der Waals surface area contributed by atoms with Gasteiger partial charge in [0.1, 0.15) is 30.3 Å². The number of carbonyl (C=O) groups is 4. The Labute approximate surface area is 340 Å². The van der Waals surface area contributed by atoms with E-state index in [0.29, 0.717) is 87.0 Å². The molecule has 0 radical (unpaired) electrons. The minimum atomic E-state index is -1.18. The molecule has 2 aromatic carbocycles. The molecule has 14 nitrogen and oxygen atoms in total. The number of hydrogen-bond acceptors (Lipinski definition) is 11. The Kier molecular flexibility index (Phi) is 12.3. The Morgan fingerprint density at radius 2 is 1.68 bits per heavy atom. The molecule has 4 saturated heterocycles. The number of morpholine rings is 1. The molecule has 5 fully saturated rings. The smallest absolute Gasteiger partial charge is 0.253 e. The number of alkyl halides is 1. The van der Waals surface area contributed by atoms with Gasteiger partial charge in [0.15, 0.2) is 5.82 Å². The predicted molar refractivity (Wildman–Crippen MR) is 214 cm³/mol. The molecule has 4 amide bonds. The average Bonchev–Trinajstić information content (AvgIpc) is 3.23. The van der Waals surface area contributed by atoms with Gasteiger partial charge in [-0.1, -0.05) is 12.1 Å². The number of amides is 4. The Morgan fingerprint density at radius 3 is 2.42 bits per heavy atom. The van der Waals surface area contributed by atoms with Crippen molar-refractivity contribution in [2.75, 3.05) is 66.4 Å². The van der Waals surface area contributed by atoms with Crippen molar-refractivity contribution in [3.63, 3.8) is 0 Å². The number of rotatable bonds is 10. The Bertz CT molecular complexity index is 2040. The highest BCUT2D eigenvalue weighted by atomic mass is 19.1. The zero-order valence-electron chi connectivity index (χ0n) is 32.8. The van der Waals surface area contributed by atoms with Crippen LogP contribution in [0.2, 0.25) is 0 Å². The van der Waals surface area contributed by atoms with Gasteiger partial charge in [-0.3, -0.25) is 29.4 Å². The van der Waals surface area contributed by atoms with E-state index >= 15 is 8.78 Å². The first-order valence-corrected chi connectivity index (χ1v) is 20.7. The molecule has 4 N–H and O–H groups in total. The summed E-state index contributed by atoms with van der Waals surface area (Å²) in [7, 11) is 0. The summed E-state index contributed by atoms with van der Waals surface area (Å²) < 4.78 is 51.1. The summed E-state index contributed by atoms with van der Waals surface area (Å²) in [6, 6.07) is 10.8. The van der Waals surface area contributed by atoms with Crippen LogP contribution >= 0.6 is 0 Å². The predicted octanol–water partition coefficient (Wildman–Crippen LogP) is 4.17. The second-order valence-electron chi connectivity index (χ2n) is 16.2. The van der Waals surface area contributed by atoms with E-state index in [2.05, 4.69) is 36.1 Å². The summed E-state index contributed by atoms with van der Waals surface area (Å²) in [5, 5.41) is 11.9. The van der Waals surface area contributed by atoms with E-state index in [9.17, 15) is 23.6 Å². The molecular weight excluding hydrogens is 768 g/mol. The lowest BCUT2D eigenvalue weighted by Crippen LogP contribution is -2.56. The summed E-state index contributed by atoms with van der Waals surface area (Å²) in [6.45, 7) is 2.75. The molecule has 8 rings (SSSR count). The summed E-state index contributed by atoms with van der Waals surface area (Å²) in [6.07, 6.45) is 5.33. The fourth-order valence-electron chi connectivity index (χ4n) is 9.04. The lowest BCUT2D eigenvalue weighted by molar-refractivity contribution is -0.133. The van der Waals surface area contributed by atoms with Gasteiger partial charge < -0.3 is 30.5 Å². The third-order valence-corrected chi connectivity index (χ3v) is 12.3. The third kappa shape index (κ3) is 9.46. The number of hydrogen-bond donors (Lipinski definition) is 4. The van der Waals surface area contributed by atoms with Gasteiger partial charge in [-0.25, -0.2) is 23.1 Å². The van der Waals surface area contributed by atoms with Crippen LogP contribution in [0.5, 0.6) is 0 Å². The van der Waals surface area contributed by atoms with E-state index in [4.69, 9.17) is 4.74 Å². The fourth-order valence-corrected chi connectivity index (χ4v) is 9.04. The molecule has 1 aromatic heterocycles. The Morgan fingerprint density at radius 1 is 0.864 bits per heavy atom. The van der Waals surface area contributed by atoms with Crippen molar-refractivity contribution >= 4 is 46.6 Å². The number of halogens is 3. The zero-order chi connectivity index (χ0) is 41.0. The highest BCUT2D eigenvalue weighted by molar-refractivity contribution is 6.01. The minimum absolute atomic E-state index is 0.00841. The van der Waals surface area contributed by atoms with Crippen molar-refractivity contribution in [1.82, 2.24) is 25.5 Å². The number of ether oxygens (including phenoxy) is 1. The molecule has 3 atom stereocenters. The van der Waals surface area contributed by atoms with E-state index in [0.717, 1.165) is 31.9 Å². The quantitative estimate of drug-likeness (QED) is 0.218. The van der Waals surface area contributed by atoms with Crippen LogP contribution in [-0.4, -0.2) is 115 Å². The summed E-state index contributed by atoms with van der Waals surface area (Å²) in [5.41, 5.74) is 2.05. The lowest BCUT2D eigenvalue weighted by atomic mass is 9.85. The van der Waals surface area contributed by atoms with Crippen LogP contribution in [0.25, 0.3) is 11.3 Å². The monoisotopic (exact) mass is 817 g/mol. The number of benzene rings is 2. The fraction of sp³-hybridized carbons (Fsp3) is 0.524. The van der Waals surface area contributed by atoms with Crippen molar-refractivity contribution in [3.8, 4) is 11.3 Å². The highest BCUT2D eigenvalue weighted by Gasteiger charge is 2.37. The van der Waals surface area contributed by atoms with Gasteiger partial charge in [0.2, 0.25) is 23.7 Å². The molecule has 1 aliphatic carbocycles. The molecule has 3 aromatic rings.